The number of nitrogens with zero attached hydrogens (tertiary/aromatic N) is 1. The lowest BCUT2D eigenvalue weighted by Crippen LogP contribution is -2.29. The Labute approximate surface area is 156 Å². The third kappa shape index (κ3) is 2.91. The lowest BCUT2D eigenvalue weighted by atomic mass is 9.89. The van der Waals surface area contributed by atoms with Gasteiger partial charge in [0.25, 0.3) is 5.91 Å². The predicted molar refractivity (Wildman–Crippen MR) is 104 cm³/mol. The Balaban J connectivity index is 1.64. The van der Waals surface area contributed by atoms with E-state index in [0.717, 1.165) is 15.6 Å². The molecule has 0 aliphatic carbocycles. The SMILES string of the molecule is Cc1c(C(=O)N2C[C@@H](CN)[C@H](c3ccccc3)C2)sc2ccc(F)cc12. The van der Waals surface area contributed by atoms with Gasteiger partial charge in [0.15, 0.2) is 0 Å². The summed E-state index contributed by atoms with van der Waals surface area (Å²) in [4.78, 5) is 15.8. The van der Waals surface area contributed by atoms with Crippen molar-refractivity contribution in [2.45, 2.75) is 12.8 Å². The number of hydrogen-bond acceptors (Lipinski definition) is 3. The molecule has 1 fully saturated rings. The number of carbonyl (C=O) groups excluding carboxylic acids is 1. The summed E-state index contributed by atoms with van der Waals surface area (Å²) in [6.07, 6.45) is 0. The van der Waals surface area contributed by atoms with E-state index in [4.69, 9.17) is 5.73 Å². The molecule has 2 heterocycles. The maximum Gasteiger partial charge on any atom is 0.264 e. The summed E-state index contributed by atoms with van der Waals surface area (Å²) < 4.78 is 14.5. The minimum atomic E-state index is -0.272. The molecule has 134 valence electrons. The maximum atomic E-state index is 13.6. The van der Waals surface area contributed by atoms with Crippen LogP contribution < -0.4 is 5.73 Å². The van der Waals surface area contributed by atoms with Crippen LogP contribution >= 0.6 is 11.3 Å². The highest BCUT2D eigenvalue weighted by Gasteiger charge is 2.36. The van der Waals surface area contributed by atoms with Crippen LogP contribution in [0.3, 0.4) is 0 Å². The summed E-state index contributed by atoms with van der Waals surface area (Å²) in [5.74, 6) is 0.276. The monoisotopic (exact) mass is 368 g/mol. The number of amides is 1. The molecule has 4 rings (SSSR count). The summed E-state index contributed by atoms with van der Waals surface area (Å²) in [6.45, 7) is 3.79. The van der Waals surface area contributed by atoms with E-state index in [2.05, 4.69) is 12.1 Å². The zero-order valence-corrected chi connectivity index (χ0v) is 15.4. The molecule has 0 saturated carbocycles. The van der Waals surface area contributed by atoms with Crippen molar-refractivity contribution in [3.8, 4) is 0 Å². The van der Waals surface area contributed by atoms with Gasteiger partial charge < -0.3 is 10.6 Å². The van der Waals surface area contributed by atoms with Crippen molar-refractivity contribution in [3.05, 3.63) is 70.4 Å². The van der Waals surface area contributed by atoms with Crippen LogP contribution in [0.25, 0.3) is 10.1 Å². The second-order valence-electron chi connectivity index (χ2n) is 6.92. The van der Waals surface area contributed by atoms with Gasteiger partial charge in [-0.15, -0.1) is 11.3 Å². The number of rotatable bonds is 3. The Morgan fingerprint density at radius 1 is 1.23 bits per heavy atom. The van der Waals surface area contributed by atoms with E-state index in [1.54, 1.807) is 6.07 Å². The van der Waals surface area contributed by atoms with E-state index >= 15 is 0 Å². The lowest BCUT2D eigenvalue weighted by Gasteiger charge is -2.16. The molecule has 2 atom stereocenters. The third-order valence-electron chi connectivity index (χ3n) is 5.35. The van der Waals surface area contributed by atoms with Crippen molar-refractivity contribution in [3.63, 3.8) is 0 Å². The first-order valence-corrected chi connectivity index (χ1v) is 9.63. The molecule has 3 aromatic rings. The molecule has 2 N–H and O–H groups in total. The van der Waals surface area contributed by atoms with E-state index in [9.17, 15) is 9.18 Å². The van der Waals surface area contributed by atoms with E-state index < -0.39 is 0 Å². The van der Waals surface area contributed by atoms with Gasteiger partial charge in [-0.05, 0) is 54.1 Å². The summed E-state index contributed by atoms with van der Waals surface area (Å²) in [7, 11) is 0. The highest BCUT2D eigenvalue weighted by Crippen LogP contribution is 2.36. The Kier molecular flexibility index (Phi) is 4.51. The van der Waals surface area contributed by atoms with Gasteiger partial charge >= 0.3 is 0 Å². The largest absolute Gasteiger partial charge is 0.337 e. The van der Waals surface area contributed by atoms with Gasteiger partial charge in [-0.2, -0.15) is 0 Å². The van der Waals surface area contributed by atoms with E-state index in [-0.39, 0.29) is 23.6 Å². The third-order valence-corrected chi connectivity index (χ3v) is 6.61. The second-order valence-corrected chi connectivity index (χ2v) is 7.97. The Bertz CT molecular complexity index is 953. The number of thiophene rings is 1. The van der Waals surface area contributed by atoms with Crippen molar-refractivity contribution in [2.24, 2.45) is 11.7 Å². The van der Waals surface area contributed by atoms with Crippen molar-refractivity contribution in [1.82, 2.24) is 4.90 Å². The molecule has 26 heavy (non-hydrogen) atoms. The zero-order chi connectivity index (χ0) is 18.3. The first kappa shape index (κ1) is 17.2. The van der Waals surface area contributed by atoms with Gasteiger partial charge in [-0.1, -0.05) is 30.3 Å². The molecule has 0 unspecified atom stereocenters. The fourth-order valence-electron chi connectivity index (χ4n) is 3.89. The average molecular weight is 368 g/mol. The molecular weight excluding hydrogens is 347 g/mol. The van der Waals surface area contributed by atoms with Crippen molar-refractivity contribution >= 4 is 27.3 Å². The van der Waals surface area contributed by atoms with Crippen LogP contribution in [0.2, 0.25) is 0 Å². The van der Waals surface area contributed by atoms with Crippen LogP contribution in [0.1, 0.15) is 26.7 Å². The van der Waals surface area contributed by atoms with Gasteiger partial charge in [0, 0.05) is 23.7 Å². The Morgan fingerprint density at radius 3 is 2.73 bits per heavy atom. The van der Waals surface area contributed by atoms with Crippen LogP contribution in [0.15, 0.2) is 48.5 Å². The molecule has 1 saturated heterocycles. The first-order valence-electron chi connectivity index (χ1n) is 8.81. The first-order chi connectivity index (χ1) is 12.6. The van der Waals surface area contributed by atoms with Crippen LogP contribution in [-0.2, 0) is 0 Å². The van der Waals surface area contributed by atoms with Gasteiger partial charge in [-0.25, -0.2) is 4.39 Å². The fourth-order valence-corrected chi connectivity index (χ4v) is 5.05. The summed E-state index contributed by atoms with van der Waals surface area (Å²) in [5, 5.41) is 0.826. The van der Waals surface area contributed by atoms with Crippen molar-refractivity contribution in [2.75, 3.05) is 19.6 Å². The molecule has 2 aromatic carbocycles. The number of benzene rings is 2. The standard InChI is InChI=1S/C21H21FN2OS/c1-13-17-9-16(22)7-8-19(17)26-20(13)21(25)24-11-15(10-23)18(12-24)14-5-3-2-4-6-14/h2-9,15,18H,10-12,23H2,1H3/t15-,18+/m1/s1. The van der Waals surface area contributed by atoms with Crippen LogP contribution in [-0.4, -0.2) is 30.4 Å². The number of aryl methyl sites for hydroxylation is 1. The van der Waals surface area contributed by atoms with Gasteiger partial charge in [-0.3, -0.25) is 4.79 Å². The summed E-state index contributed by atoms with van der Waals surface area (Å²) in [5.41, 5.74) is 8.09. The second kappa shape index (κ2) is 6.82. The highest BCUT2D eigenvalue weighted by molar-refractivity contribution is 7.21. The molecule has 3 nitrogen and oxygen atoms in total. The maximum absolute atomic E-state index is 13.6. The average Bonchev–Trinajstić information content (AvgIpc) is 3.24. The number of carbonyl (C=O) groups is 1. The zero-order valence-electron chi connectivity index (χ0n) is 14.6. The number of halogens is 1. The number of likely N-dealkylation sites (tertiary alicyclic amines) is 1. The normalized spacial score (nSPS) is 20.0. The smallest absolute Gasteiger partial charge is 0.264 e. The minimum Gasteiger partial charge on any atom is -0.337 e. The Hall–Kier alpha value is -2.24. The minimum absolute atomic E-state index is 0.0287. The molecule has 5 heteroatoms. The Morgan fingerprint density at radius 2 is 2.00 bits per heavy atom. The summed E-state index contributed by atoms with van der Waals surface area (Å²) in [6, 6.07) is 15.0. The fraction of sp³-hybridized carbons (Fsp3) is 0.286. The van der Waals surface area contributed by atoms with Gasteiger partial charge in [0.2, 0.25) is 0 Å². The van der Waals surface area contributed by atoms with Crippen molar-refractivity contribution < 1.29 is 9.18 Å². The molecule has 1 aromatic heterocycles. The van der Waals surface area contributed by atoms with Gasteiger partial charge in [0.05, 0.1) is 4.88 Å². The lowest BCUT2D eigenvalue weighted by molar-refractivity contribution is 0.0790. The number of fused-ring (bicyclic) bond motifs is 1. The van der Waals surface area contributed by atoms with Crippen LogP contribution in [0, 0.1) is 18.7 Å². The molecule has 1 aliphatic rings. The molecule has 1 amide bonds. The molecule has 1 aliphatic heterocycles. The topological polar surface area (TPSA) is 46.3 Å². The van der Waals surface area contributed by atoms with E-state index in [1.807, 2.05) is 30.0 Å². The predicted octanol–water partition coefficient (Wildman–Crippen LogP) is 4.16. The molecule has 0 spiro atoms. The molecule has 0 bridgehead atoms. The highest BCUT2D eigenvalue weighted by atomic mass is 32.1. The van der Waals surface area contributed by atoms with Crippen molar-refractivity contribution in [1.29, 1.82) is 0 Å². The van der Waals surface area contributed by atoms with Gasteiger partial charge in [0.1, 0.15) is 5.82 Å². The van der Waals surface area contributed by atoms with Crippen LogP contribution in [0.4, 0.5) is 4.39 Å². The van der Waals surface area contributed by atoms with E-state index in [0.29, 0.717) is 24.5 Å². The quantitative estimate of drug-likeness (QED) is 0.754. The van der Waals surface area contributed by atoms with Crippen LogP contribution in [0.5, 0.6) is 0 Å². The molecule has 0 radical (unpaired) electrons. The molecular formula is C21H21FN2OS. The van der Waals surface area contributed by atoms with E-state index in [1.165, 1.54) is 29.0 Å². The number of nitrogens with two attached hydrogens (primary N) is 1. The number of hydrogen-bond donors (Lipinski definition) is 1. The summed E-state index contributed by atoms with van der Waals surface area (Å²) >= 11 is 1.44.